The summed E-state index contributed by atoms with van der Waals surface area (Å²) in [7, 11) is 0. The number of ether oxygens (including phenoxy) is 2. The molecule has 6 saturated heterocycles. The summed E-state index contributed by atoms with van der Waals surface area (Å²) in [5, 5.41) is 9.03. The van der Waals surface area contributed by atoms with Crippen LogP contribution in [0.15, 0.2) is 36.5 Å². The van der Waals surface area contributed by atoms with Gasteiger partial charge in [0.2, 0.25) is 11.8 Å². The Kier molecular flexibility index (Phi) is 15.5. The molecule has 17 nitrogen and oxygen atoms in total. The fraction of sp³-hybridized carbons (Fsp3) is 0.698. The van der Waals surface area contributed by atoms with Gasteiger partial charge in [-0.15, -0.1) is 0 Å². The number of anilines is 1. The second-order valence-electron chi connectivity index (χ2n) is 27.6. The Labute approximate surface area is 486 Å². The maximum atomic E-state index is 15.3. The van der Waals surface area contributed by atoms with Gasteiger partial charge in [0.15, 0.2) is 0 Å². The van der Waals surface area contributed by atoms with E-state index in [-0.39, 0.29) is 66.6 Å². The summed E-state index contributed by atoms with van der Waals surface area (Å²) in [6, 6.07) is 6.11. The van der Waals surface area contributed by atoms with Gasteiger partial charge in [0, 0.05) is 105 Å². The summed E-state index contributed by atoms with van der Waals surface area (Å²) in [6.07, 6.45) is 9.60. The molecule has 8 atom stereocenters. The van der Waals surface area contributed by atoms with Crippen molar-refractivity contribution >= 4 is 45.9 Å². The number of carbonyl (C=O) groups excluding carboxylic acids is 4. The average molecular weight is 1150 g/mol. The molecule has 1 unspecified atom stereocenters. The molecule has 0 radical (unpaired) electrons. The van der Waals surface area contributed by atoms with E-state index in [1.54, 1.807) is 0 Å². The second-order valence-corrected chi connectivity index (χ2v) is 27.6. The molecule has 3 N–H and O–H groups in total. The number of rotatable bonds is 10. The van der Waals surface area contributed by atoms with Crippen LogP contribution in [0.25, 0.3) is 27.7 Å². The molecule has 6 bridgehead atoms. The van der Waals surface area contributed by atoms with Gasteiger partial charge in [-0.2, -0.15) is 13.2 Å². The number of likely N-dealkylation sites (tertiary alicyclic amines) is 2. The molecule has 10 aliphatic rings. The predicted octanol–water partition coefficient (Wildman–Crippen LogP) is 6.34. The molecule has 450 valence electrons. The van der Waals surface area contributed by atoms with Crippen LogP contribution in [0.1, 0.15) is 121 Å². The number of aromatic nitrogens is 2. The van der Waals surface area contributed by atoms with E-state index in [1.165, 1.54) is 22.4 Å². The van der Waals surface area contributed by atoms with Crippen molar-refractivity contribution in [3.63, 3.8) is 0 Å². The van der Waals surface area contributed by atoms with Gasteiger partial charge in [0.25, 0.3) is 5.91 Å². The molecule has 1 aromatic carbocycles. The first-order valence-electron chi connectivity index (χ1n) is 31.4. The molecule has 3 amide bonds. The van der Waals surface area contributed by atoms with Crippen molar-refractivity contribution in [2.45, 2.75) is 160 Å². The van der Waals surface area contributed by atoms with E-state index in [4.69, 9.17) is 14.5 Å². The van der Waals surface area contributed by atoms with Crippen LogP contribution in [-0.2, 0) is 41.6 Å². The number of fused-ring (bicyclic) bond motifs is 7. The van der Waals surface area contributed by atoms with Gasteiger partial charge in [-0.05, 0) is 123 Å². The van der Waals surface area contributed by atoms with E-state index in [0.29, 0.717) is 105 Å². The molecule has 2 aliphatic carbocycles. The summed E-state index contributed by atoms with van der Waals surface area (Å²) in [6.45, 7) is 15.9. The molecule has 8 aliphatic heterocycles. The highest BCUT2D eigenvalue weighted by molar-refractivity contribution is 5.96. The smallest absolute Gasteiger partial charge is 0.406 e. The van der Waals surface area contributed by atoms with Crippen molar-refractivity contribution in [1.82, 2.24) is 50.2 Å². The zero-order valence-corrected chi connectivity index (χ0v) is 49.1. The Morgan fingerprint density at radius 3 is 2.54 bits per heavy atom. The van der Waals surface area contributed by atoms with Gasteiger partial charge in [-0.25, -0.2) is 5.43 Å². The first-order chi connectivity index (χ1) is 39.9. The van der Waals surface area contributed by atoms with E-state index in [0.717, 1.165) is 100 Å². The monoisotopic (exact) mass is 1150 g/mol. The van der Waals surface area contributed by atoms with Gasteiger partial charge in [-0.3, -0.25) is 49.2 Å². The molecule has 20 heteroatoms. The molecule has 8 fully saturated rings. The lowest BCUT2D eigenvalue weighted by molar-refractivity contribution is -0.155. The average Bonchev–Trinajstić information content (AvgIpc) is 2.33. The van der Waals surface area contributed by atoms with Gasteiger partial charge in [-0.1, -0.05) is 52.7 Å². The third kappa shape index (κ3) is 11.8. The molecule has 2 aromatic heterocycles. The van der Waals surface area contributed by atoms with Crippen molar-refractivity contribution in [2.24, 2.45) is 22.7 Å². The number of benzene rings is 1. The standard InChI is InChI=1S/C63H86F3N11O6/c1-39(2)52-47(28-44(30-67-52)73-24-23-72-25-26-82-34-45(72)32-73)56-48-29-61(3,4)38-83-60(81)49-12-8-20-77(70-49)58(79)50(33-71-19-7-11-43(31-71)42-15-16-51(46(48)27-42)76(56)37-63(64,65)66)68-57(78)55(41-9-5-6-10-41)74-21-17-62(35-74)18-22-75(36-62)59(80)54-53(69-54)40-13-14-40/h11,15-16,27-28,30,39-41,45,49-50,53-55,69-70H,5-10,12-14,17-26,29,31-38H2,1-4H3,(H,68,78)/t45-,49-,50-,53+,54+,55-,62-/m0/s1. The van der Waals surface area contributed by atoms with Crippen molar-refractivity contribution in [2.75, 3.05) is 103 Å². The normalized spacial score (nSPS) is 30.7. The Hall–Kier alpha value is -5.12. The summed E-state index contributed by atoms with van der Waals surface area (Å²) in [5.74, 6) is -0.109. The lowest BCUT2D eigenvalue weighted by atomic mass is 9.83. The van der Waals surface area contributed by atoms with Crippen LogP contribution in [0.5, 0.6) is 0 Å². The highest BCUT2D eigenvalue weighted by atomic mass is 19.4. The Morgan fingerprint density at radius 1 is 0.928 bits per heavy atom. The lowest BCUT2D eigenvalue weighted by Gasteiger charge is -2.44. The van der Waals surface area contributed by atoms with Crippen molar-refractivity contribution in [3.8, 4) is 11.3 Å². The minimum Gasteiger partial charge on any atom is -0.464 e. The summed E-state index contributed by atoms with van der Waals surface area (Å²) in [4.78, 5) is 75.0. The molecular formula is C63H86F3N11O6. The van der Waals surface area contributed by atoms with Gasteiger partial charge in [0.1, 0.15) is 24.7 Å². The summed E-state index contributed by atoms with van der Waals surface area (Å²) < 4.78 is 59.3. The van der Waals surface area contributed by atoms with Gasteiger partial charge in [0.05, 0.1) is 55.2 Å². The molecule has 3 aromatic rings. The van der Waals surface area contributed by atoms with Crippen LogP contribution in [0.3, 0.4) is 0 Å². The number of nitrogens with one attached hydrogen (secondary N) is 3. The van der Waals surface area contributed by atoms with Crippen LogP contribution in [0, 0.1) is 22.7 Å². The van der Waals surface area contributed by atoms with Crippen molar-refractivity contribution < 1.29 is 41.8 Å². The fourth-order valence-electron chi connectivity index (χ4n) is 15.8. The van der Waals surface area contributed by atoms with E-state index in [2.05, 4.69) is 52.7 Å². The van der Waals surface area contributed by atoms with Crippen LogP contribution in [0.2, 0.25) is 0 Å². The first kappa shape index (κ1) is 57.0. The van der Waals surface area contributed by atoms with E-state index in [9.17, 15) is 9.59 Å². The molecule has 13 rings (SSSR count). The maximum Gasteiger partial charge on any atom is 0.406 e. The topological polar surface area (TPSA) is 170 Å². The number of esters is 1. The molecular weight excluding hydrogens is 1060 g/mol. The summed E-state index contributed by atoms with van der Waals surface area (Å²) in [5.41, 5.74) is 8.13. The van der Waals surface area contributed by atoms with Crippen LogP contribution in [0.4, 0.5) is 18.9 Å². The number of halogens is 3. The quantitative estimate of drug-likeness (QED) is 0.152. The molecule has 83 heavy (non-hydrogen) atoms. The summed E-state index contributed by atoms with van der Waals surface area (Å²) >= 11 is 0. The number of morpholine rings is 1. The SMILES string of the molecule is CC(C)c1ncc(N2CCN3CCOC[C@@H]3C2)cc1-c1c2c3cc(ccc3n1CC(F)(F)F)C1=CCCN(C1)C[C@H](NC(=O)[C@H](C1CCCC1)N1CC[C@]3(CCN(C(=O)[C@@H]4N[C@@H]4C4CC4)C3)C1)C(=O)N1CCC[C@H](N1)C(=O)OCC(C)(C)C2. The lowest BCUT2D eigenvalue weighted by Crippen LogP contribution is -2.63. The fourth-order valence-corrected chi connectivity index (χ4v) is 15.8. The maximum absolute atomic E-state index is 15.3. The zero-order chi connectivity index (χ0) is 57.5. The van der Waals surface area contributed by atoms with Gasteiger partial charge < -0.3 is 29.2 Å². The highest BCUT2D eigenvalue weighted by Crippen LogP contribution is 2.47. The molecule has 10 heterocycles. The third-order valence-electron chi connectivity index (χ3n) is 20.4. The number of carbonyl (C=O) groups is 4. The Balaban J connectivity index is 0.829. The largest absolute Gasteiger partial charge is 0.464 e. The highest BCUT2D eigenvalue weighted by Gasteiger charge is 2.55. The van der Waals surface area contributed by atoms with Crippen molar-refractivity contribution in [3.05, 3.63) is 53.4 Å². The van der Waals surface area contributed by atoms with Gasteiger partial charge >= 0.3 is 12.1 Å². The molecule has 2 saturated carbocycles. The Morgan fingerprint density at radius 2 is 1.75 bits per heavy atom. The number of piperazine rings is 1. The van der Waals surface area contributed by atoms with Crippen LogP contribution >= 0.6 is 0 Å². The second kappa shape index (κ2) is 22.6. The number of hydrogen-bond acceptors (Lipinski definition) is 13. The number of hydrazine groups is 1. The van der Waals surface area contributed by atoms with Crippen LogP contribution < -0.4 is 21.0 Å². The Bertz CT molecular complexity index is 3010. The van der Waals surface area contributed by atoms with Crippen molar-refractivity contribution in [1.29, 1.82) is 0 Å². The number of hydrogen-bond donors (Lipinski definition) is 3. The first-order valence-corrected chi connectivity index (χ1v) is 31.4. The molecule has 1 spiro atoms. The van der Waals surface area contributed by atoms with E-state index >= 15 is 22.8 Å². The van der Waals surface area contributed by atoms with Crippen LogP contribution in [-0.4, -0.2) is 199 Å². The number of alkyl halides is 3. The van der Waals surface area contributed by atoms with E-state index in [1.807, 2.05) is 52.1 Å². The number of pyridine rings is 1. The third-order valence-corrected chi connectivity index (χ3v) is 20.4. The number of amides is 3. The predicted molar refractivity (Wildman–Crippen MR) is 310 cm³/mol. The minimum atomic E-state index is -4.56. The zero-order valence-electron chi connectivity index (χ0n) is 49.1. The minimum absolute atomic E-state index is 0.0296. The number of nitrogens with zero attached hydrogens (tertiary/aromatic N) is 8. The van der Waals surface area contributed by atoms with E-state index < -0.39 is 42.2 Å². The number of cyclic esters (lactones) is 1.